The second kappa shape index (κ2) is 12.5. The van der Waals surface area contributed by atoms with Crippen LogP contribution in [0.4, 0.5) is 0 Å². The Balaban J connectivity index is 1.36. The third-order valence-corrected chi connectivity index (χ3v) is 7.75. The van der Waals surface area contributed by atoms with Crippen LogP contribution in [0.25, 0.3) is 0 Å². The minimum Gasteiger partial charge on any atom is -0.497 e. The Morgan fingerprint density at radius 1 is 0.905 bits per heavy atom. The van der Waals surface area contributed by atoms with Gasteiger partial charge < -0.3 is 29.2 Å². The Labute approximate surface area is 244 Å². The van der Waals surface area contributed by atoms with Gasteiger partial charge in [-0.25, -0.2) is 0 Å². The number of piperidine rings is 1. The minimum atomic E-state index is -1.04. The molecule has 3 amide bonds. The first kappa shape index (κ1) is 28.9. The summed E-state index contributed by atoms with van der Waals surface area (Å²) in [7, 11) is 4.61. The molecule has 11 heteroatoms. The van der Waals surface area contributed by atoms with Crippen LogP contribution in [-0.4, -0.2) is 85.3 Å². The standard InChI is InChI=1S/C31H34N4O7/c1-39-24-10-7-21(8-11-24)30(38)35-25(28(36)33-19-23-6-4-5-15-32-23)20-42-31(35)13-16-34(17-14-31)29(37)22-9-12-26(40-2)27(18-22)41-3/h4-12,15,18,25H,13-14,16-17,19-20H2,1-3H3,(H,33,36). The first-order valence-corrected chi connectivity index (χ1v) is 13.7. The van der Waals surface area contributed by atoms with Crippen molar-refractivity contribution in [2.45, 2.75) is 31.2 Å². The summed E-state index contributed by atoms with van der Waals surface area (Å²) in [5, 5.41) is 2.90. The molecule has 3 heterocycles. The van der Waals surface area contributed by atoms with Crippen molar-refractivity contribution in [2.75, 3.05) is 41.0 Å². The molecule has 1 unspecified atom stereocenters. The van der Waals surface area contributed by atoms with E-state index in [9.17, 15) is 14.4 Å². The number of nitrogens with zero attached hydrogens (tertiary/aromatic N) is 3. The second-order valence-electron chi connectivity index (χ2n) is 10.1. The van der Waals surface area contributed by atoms with Gasteiger partial charge in [-0.15, -0.1) is 0 Å². The van der Waals surface area contributed by atoms with E-state index in [1.165, 1.54) is 14.2 Å². The van der Waals surface area contributed by atoms with Crippen molar-refractivity contribution in [2.24, 2.45) is 0 Å². The van der Waals surface area contributed by atoms with E-state index in [1.807, 2.05) is 12.1 Å². The van der Waals surface area contributed by atoms with Crippen LogP contribution in [0, 0.1) is 0 Å². The highest BCUT2D eigenvalue weighted by Gasteiger charge is 2.54. The Hall–Kier alpha value is -4.64. The third kappa shape index (κ3) is 5.73. The number of rotatable bonds is 8. The van der Waals surface area contributed by atoms with Gasteiger partial charge in [0.2, 0.25) is 5.91 Å². The van der Waals surface area contributed by atoms with Crippen molar-refractivity contribution < 1.29 is 33.3 Å². The summed E-state index contributed by atoms with van der Waals surface area (Å²) in [4.78, 5) is 48.3. The minimum absolute atomic E-state index is 0.0412. The molecular formula is C31H34N4O7. The molecule has 2 aliphatic rings. The molecule has 2 saturated heterocycles. The molecular weight excluding hydrogens is 540 g/mol. The lowest BCUT2D eigenvalue weighted by molar-refractivity contribution is -0.128. The number of amides is 3. The summed E-state index contributed by atoms with van der Waals surface area (Å²) in [6.45, 7) is 0.935. The summed E-state index contributed by atoms with van der Waals surface area (Å²) < 4.78 is 22.2. The highest BCUT2D eigenvalue weighted by Crippen LogP contribution is 2.39. The molecule has 0 saturated carbocycles. The number of benzene rings is 2. The van der Waals surface area contributed by atoms with Gasteiger partial charge in [0, 0.05) is 43.3 Å². The average Bonchev–Trinajstić information content (AvgIpc) is 3.41. The molecule has 0 radical (unpaired) electrons. The molecule has 0 aliphatic carbocycles. The van der Waals surface area contributed by atoms with Crippen molar-refractivity contribution in [3.05, 3.63) is 83.7 Å². The number of pyridine rings is 1. The van der Waals surface area contributed by atoms with Gasteiger partial charge in [-0.05, 0) is 54.6 Å². The van der Waals surface area contributed by atoms with E-state index in [-0.39, 0.29) is 30.9 Å². The van der Waals surface area contributed by atoms with E-state index in [0.29, 0.717) is 60.0 Å². The molecule has 2 fully saturated rings. The highest BCUT2D eigenvalue weighted by atomic mass is 16.5. The van der Waals surface area contributed by atoms with Gasteiger partial charge in [0.15, 0.2) is 11.5 Å². The van der Waals surface area contributed by atoms with Crippen LogP contribution in [0.15, 0.2) is 66.9 Å². The fraction of sp³-hybridized carbons (Fsp3) is 0.355. The number of likely N-dealkylation sites (tertiary alicyclic amines) is 1. The summed E-state index contributed by atoms with van der Waals surface area (Å²) in [6.07, 6.45) is 2.35. The Bertz CT molecular complexity index is 1420. The number of methoxy groups -OCH3 is 3. The predicted octanol–water partition coefficient (Wildman–Crippen LogP) is 2.90. The van der Waals surface area contributed by atoms with Gasteiger partial charge in [0.25, 0.3) is 11.8 Å². The summed E-state index contributed by atoms with van der Waals surface area (Å²) in [6, 6.07) is 16.4. The van der Waals surface area contributed by atoms with E-state index >= 15 is 0 Å². The molecule has 2 aromatic carbocycles. The Morgan fingerprint density at radius 2 is 1.62 bits per heavy atom. The normalized spacial score (nSPS) is 17.5. The first-order valence-electron chi connectivity index (χ1n) is 13.7. The summed E-state index contributed by atoms with van der Waals surface area (Å²) >= 11 is 0. The van der Waals surface area contributed by atoms with Gasteiger partial charge in [-0.1, -0.05) is 6.07 Å². The van der Waals surface area contributed by atoms with Crippen LogP contribution in [-0.2, 0) is 16.1 Å². The van der Waals surface area contributed by atoms with Crippen LogP contribution in [0.2, 0.25) is 0 Å². The van der Waals surface area contributed by atoms with E-state index in [1.54, 1.807) is 71.6 Å². The van der Waals surface area contributed by atoms with Crippen LogP contribution >= 0.6 is 0 Å². The molecule has 5 rings (SSSR count). The first-order chi connectivity index (χ1) is 20.4. The van der Waals surface area contributed by atoms with Gasteiger partial charge >= 0.3 is 0 Å². The zero-order valence-electron chi connectivity index (χ0n) is 23.9. The number of carbonyl (C=O) groups excluding carboxylic acids is 3. The number of ether oxygens (including phenoxy) is 4. The SMILES string of the molecule is COc1ccc(C(=O)N2C(C(=O)NCc3ccccn3)COC23CCN(C(=O)c2ccc(OC)c(OC)c2)CC3)cc1. The van der Waals surface area contributed by atoms with E-state index in [0.717, 1.165) is 0 Å². The Morgan fingerprint density at radius 3 is 2.26 bits per heavy atom. The average molecular weight is 575 g/mol. The number of nitrogens with one attached hydrogen (secondary N) is 1. The zero-order valence-corrected chi connectivity index (χ0v) is 23.9. The van der Waals surface area contributed by atoms with Crippen molar-refractivity contribution in [3.8, 4) is 17.2 Å². The molecule has 1 aromatic heterocycles. The second-order valence-corrected chi connectivity index (χ2v) is 10.1. The maximum atomic E-state index is 14.0. The quantitative estimate of drug-likeness (QED) is 0.436. The number of aromatic nitrogens is 1. The fourth-order valence-electron chi connectivity index (χ4n) is 5.45. The predicted molar refractivity (Wildman–Crippen MR) is 152 cm³/mol. The number of hydrogen-bond acceptors (Lipinski definition) is 8. The molecule has 220 valence electrons. The largest absolute Gasteiger partial charge is 0.497 e. The lowest BCUT2D eigenvalue weighted by atomic mass is 9.96. The number of carbonyl (C=O) groups is 3. The van der Waals surface area contributed by atoms with Gasteiger partial charge in [-0.3, -0.25) is 24.3 Å². The van der Waals surface area contributed by atoms with Crippen LogP contribution in [0.5, 0.6) is 17.2 Å². The molecule has 0 bridgehead atoms. The van der Waals surface area contributed by atoms with Crippen LogP contribution in [0.1, 0.15) is 39.3 Å². The van der Waals surface area contributed by atoms with Crippen LogP contribution < -0.4 is 19.5 Å². The zero-order chi connectivity index (χ0) is 29.7. The fourth-order valence-corrected chi connectivity index (χ4v) is 5.45. The van der Waals surface area contributed by atoms with E-state index < -0.39 is 11.8 Å². The number of hydrogen-bond donors (Lipinski definition) is 1. The molecule has 1 spiro atoms. The molecule has 11 nitrogen and oxygen atoms in total. The molecule has 1 N–H and O–H groups in total. The monoisotopic (exact) mass is 574 g/mol. The maximum Gasteiger partial charge on any atom is 0.256 e. The summed E-state index contributed by atoms with van der Waals surface area (Å²) in [5.41, 5.74) is 0.536. The molecule has 2 aliphatic heterocycles. The van der Waals surface area contributed by atoms with Gasteiger partial charge in [0.1, 0.15) is 17.5 Å². The van der Waals surface area contributed by atoms with E-state index in [4.69, 9.17) is 18.9 Å². The van der Waals surface area contributed by atoms with Crippen LogP contribution in [0.3, 0.4) is 0 Å². The highest BCUT2D eigenvalue weighted by molar-refractivity contribution is 5.99. The topological polar surface area (TPSA) is 120 Å². The van der Waals surface area contributed by atoms with E-state index in [2.05, 4.69) is 10.3 Å². The third-order valence-electron chi connectivity index (χ3n) is 7.75. The van der Waals surface area contributed by atoms with Gasteiger partial charge in [-0.2, -0.15) is 0 Å². The molecule has 1 atom stereocenters. The van der Waals surface area contributed by atoms with Crippen molar-refractivity contribution >= 4 is 17.7 Å². The smallest absolute Gasteiger partial charge is 0.256 e. The molecule has 3 aromatic rings. The summed E-state index contributed by atoms with van der Waals surface area (Å²) in [5.74, 6) is 0.793. The molecule has 42 heavy (non-hydrogen) atoms. The lowest BCUT2D eigenvalue weighted by Gasteiger charge is -2.44. The van der Waals surface area contributed by atoms with Crippen molar-refractivity contribution in [3.63, 3.8) is 0 Å². The van der Waals surface area contributed by atoms with Crippen molar-refractivity contribution in [1.82, 2.24) is 20.1 Å². The van der Waals surface area contributed by atoms with Crippen molar-refractivity contribution in [1.29, 1.82) is 0 Å². The maximum absolute atomic E-state index is 14.0. The van der Waals surface area contributed by atoms with Gasteiger partial charge in [0.05, 0.1) is 40.2 Å². The lowest BCUT2D eigenvalue weighted by Crippen LogP contribution is -2.59. The Kier molecular flexibility index (Phi) is 8.58.